The molecule has 0 saturated carbocycles. The first-order chi connectivity index (χ1) is 13.0. The lowest BCUT2D eigenvalue weighted by atomic mass is 9.96. The normalized spacial score (nSPS) is 21.3. The number of aliphatic carboxylic acids is 1. The van der Waals surface area contributed by atoms with Crippen LogP contribution in [0.25, 0.3) is 0 Å². The average Bonchev–Trinajstić information content (AvgIpc) is 2.66. The van der Waals surface area contributed by atoms with Crippen molar-refractivity contribution >= 4 is 17.6 Å². The summed E-state index contributed by atoms with van der Waals surface area (Å²) in [5, 5.41) is 9.06. The Kier molecular flexibility index (Phi) is 6.50. The standard InChI is InChI=1S/C21H31N3O3/c1-3-23(15-21(26)27)18-10-12-22(13-11-18)14-20(25)24-16(2)8-9-17-6-4-5-7-19(17)24/h4-7,16,18H,3,8-15H2,1-2H3,(H,26,27). The minimum Gasteiger partial charge on any atom is -0.480 e. The van der Waals surface area contributed by atoms with Gasteiger partial charge in [-0.1, -0.05) is 25.1 Å². The van der Waals surface area contributed by atoms with E-state index in [1.165, 1.54) is 5.56 Å². The summed E-state index contributed by atoms with van der Waals surface area (Å²) >= 11 is 0. The van der Waals surface area contributed by atoms with Crippen molar-refractivity contribution in [2.45, 2.75) is 51.6 Å². The lowest BCUT2D eigenvalue weighted by Crippen LogP contribution is -2.51. The smallest absolute Gasteiger partial charge is 0.317 e. The Morgan fingerprint density at radius 1 is 1.19 bits per heavy atom. The molecule has 1 aromatic carbocycles. The van der Waals surface area contributed by atoms with Crippen molar-refractivity contribution in [3.63, 3.8) is 0 Å². The van der Waals surface area contributed by atoms with Crippen LogP contribution in [-0.2, 0) is 16.0 Å². The van der Waals surface area contributed by atoms with E-state index in [0.29, 0.717) is 12.6 Å². The number of hydrogen-bond donors (Lipinski definition) is 1. The number of likely N-dealkylation sites (N-methyl/N-ethyl adjacent to an activating group) is 1. The van der Waals surface area contributed by atoms with Crippen LogP contribution in [0.3, 0.4) is 0 Å². The SMILES string of the molecule is CCN(CC(=O)O)C1CCN(CC(=O)N2c3ccccc3CCC2C)CC1. The molecular weight excluding hydrogens is 342 g/mol. The number of carbonyl (C=O) groups excluding carboxylic acids is 1. The molecule has 27 heavy (non-hydrogen) atoms. The minimum atomic E-state index is -0.771. The van der Waals surface area contributed by atoms with Crippen molar-refractivity contribution in [3.05, 3.63) is 29.8 Å². The predicted molar refractivity (Wildman–Crippen MR) is 106 cm³/mol. The molecule has 0 spiro atoms. The molecule has 1 aromatic rings. The fraction of sp³-hybridized carbons (Fsp3) is 0.619. The van der Waals surface area contributed by atoms with Crippen LogP contribution in [-0.4, -0.2) is 71.6 Å². The molecule has 6 nitrogen and oxygen atoms in total. The molecule has 2 aliphatic heterocycles. The third kappa shape index (κ3) is 4.68. The van der Waals surface area contributed by atoms with Crippen LogP contribution >= 0.6 is 0 Å². The number of para-hydroxylation sites is 1. The maximum Gasteiger partial charge on any atom is 0.317 e. The van der Waals surface area contributed by atoms with E-state index in [0.717, 1.165) is 51.0 Å². The van der Waals surface area contributed by atoms with Crippen LogP contribution in [0, 0.1) is 0 Å². The van der Waals surface area contributed by atoms with Gasteiger partial charge in [0, 0.05) is 30.9 Å². The molecule has 2 heterocycles. The highest BCUT2D eigenvalue weighted by Crippen LogP contribution is 2.30. The number of nitrogens with zero attached hydrogens (tertiary/aromatic N) is 3. The molecule has 1 amide bonds. The first-order valence-corrected chi connectivity index (χ1v) is 10.1. The van der Waals surface area contributed by atoms with Gasteiger partial charge >= 0.3 is 5.97 Å². The highest BCUT2D eigenvalue weighted by atomic mass is 16.4. The molecule has 148 valence electrons. The largest absolute Gasteiger partial charge is 0.480 e. The number of anilines is 1. The lowest BCUT2D eigenvalue weighted by molar-refractivity contribution is -0.139. The molecule has 1 N–H and O–H groups in total. The molecule has 0 aliphatic carbocycles. The average molecular weight is 373 g/mol. The maximum absolute atomic E-state index is 13.1. The van der Waals surface area contributed by atoms with E-state index < -0.39 is 5.97 Å². The first kappa shape index (κ1) is 19.8. The monoisotopic (exact) mass is 373 g/mol. The molecule has 2 aliphatic rings. The van der Waals surface area contributed by atoms with Crippen LogP contribution in [0.15, 0.2) is 24.3 Å². The highest BCUT2D eigenvalue weighted by molar-refractivity contribution is 5.96. The van der Waals surface area contributed by atoms with E-state index in [1.807, 2.05) is 28.9 Å². The number of carboxylic acid groups (broad SMARTS) is 1. The zero-order valence-corrected chi connectivity index (χ0v) is 16.4. The van der Waals surface area contributed by atoms with E-state index >= 15 is 0 Å². The van der Waals surface area contributed by atoms with Gasteiger partial charge in [0.2, 0.25) is 5.91 Å². The van der Waals surface area contributed by atoms with Crippen LogP contribution < -0.4 is 4.90 Å². The third-order valence-corrected chi connectivity index (χ3v) is 5.97. The predicted octanol–water partition coefficient (Wildman–Crippen LogP) is 2.23. The summed E-state index contributed by atoms with van der Waals surface area (Å²) in [4.78, 5) is 30.3. The van der Waals surface area contributed by atoms with Crippen molar-refractivity contribution in [1.29, 1.82) is 0 Å². The zero-order valence-electron chi connectivity index (χ0n) is 16.4. The Bertz CT molecular complexity index is 670. The van der Waals surface area contributed by atoms with Crippen molar-refractivity contribution in [1.82, 2.24) is 9.80 Å². The van der Waals surface area contributed by atoms with E-state index in [-0.39, 0.29) is 18.5 Å². The second-order valence-electron chi connectivity index (χ2n) is 7.74. The van der Waals surface area contributed by atoms with Gasteiger partial charge in [0.05, 0.1) is 13.1 Å². The van der Waals surface area contributed by atoms with Gasteiger partial charge in [-0.05, 0) is 50.8 Å². The third-order valence-electron chi connectivity index (χ3n) is 5.97. The second-order valence-corrected chi connectivity index (χ2v) is 7.74. The van der Waals surface area contributed by atoms with Gasteiger partial charge in [-0.15, -0.1) is 0 Å². The van der Waals surface area contributed by atoms with E-state index in [1.54, 1.807) is 0 Å². The number of aryl methyl sites for hydroxylation is 1. The summed E-state index contributed by atoms with van der Waals surface area (Å²) in [6.07, 6.45) is 3.87. The molecule has 0 bridgehead atoms. The number of rotatable bonds is 6. The summed E-state index contributed by atoms with van der Waals surface area (Å²) in [5.74, 6) is -0.599. The van der Waals surface area contributed by atoms with Crippen molar-refractivity contribution in [2.75, 3.05) is 37.6 Å². The Balaban J connectivity index is 1.58. The molecule has 1 saturated heterocycles. The fourth-order valence-corrected chi connectivity index (χ4v) is 4.45. The molecular formula is C21H31N3O3. The van der Waals surface area contributed by atoms with Crippen molar-refractivity contribution in [2.24, 2.45) is 0 Å². The van der Waals surface area contributed by atoms with Gasteiger partial charge in [0.1, 0.15) is 0 Å². The van der Waals surface area contributed by atoms with Gasteiger partial charge in [0.25, 0.3) is 0 Å². The highest BCUT2D eigenvalue weighted by Gasteiger charge is 2.31. The fourth-order valence-electron chi connectivity index (χ4n) is 4.45. The summed E-state index contributed by atoms with van der Waals surface area (Å²) < 4.78 is 0. The number of piperidine rings is 1. The Labute approximate surface area is 161 Å². The van der Waals surface area contributed by atoms with E-state index in [9.17, 15) is 9.59 Å². The summed E-state index contributed by atoms with van der Waals surface area (Å²) in [6.45, 7) is 7.11. The number of carbonyl (C=O) groups is 2. The van der Waals surface area contributed by atoms with Crippen molar-refractivity contribution < 1.29 is 14.7 Å². The Morgan fingerprint density at radius 2 is 1.89 bits per heavy atom. The summed E-state index contributed by atoms with van der Waals surface area (Å²) in [7, 11) is 0. The molecule has 0 radical (unpaired) electrons. The molecule has 1 atom stereocenters. The van der Waals surface area contributed by atoms with Crippen LogP contribution in [0.4, 0.5) is 5.69 Å². The molecule has 1 unspecified atom stereocenters. The van der Waals surface area contributed by atoms with Gasteiger partial charge in [-0.3, -0.25) is 19.4 Å². The number of carboxylic acids is 1. The molecule has 6 heteroatoms. The maximum atomic E-state index is 13.1. The van der Waals surface area contributed by atoms with Gasteiger partial charge in [-0.25, -0.2) is 0 Å². The van der Waals surface area contributed by atoms with Gasteiger partial charge in [0.15, 0.2) is 0 Å². The number of likely N-dealkylation sites (tertiary alicyclic amines) is 1. The van der Waals surface area contributed by atoms with E-state index in [2.05, 4.69) is 24.0 Å². The zero-order chi connectivity index (χ0) is 19.4. The molecule has 1 fully saturated rings. The van der Waals surface area contributed by atoms with Gasteiger partial charge in [-0.2, -0.15) is 0 Å². The quantitative estimate of drug-likeness (QED) is 0.828. The lowest BCUT2D eigenvalue weighted by Gasteiger charge is -2.39. The Morgan fingerprint density at radius 3 is 2.56 bits per heavy atom. The molecule has 3 rings (SSSR count). The number of amides is 1. The van der Waals surface area contributed by atoms with Crippen LogP contribution in [0.2, 0.25) is 0 Å². The van der Waals surface area contributed by atoms with Crippen LogP contribution in [0.5, 0.6) is 0 Å². The summed E-state index contributed by atoms with van der Waals surface area (Å²) in [6, 6.07) is 8.75. The number of fused-ring (bicyclic) bond motifs is 1. The van der Waals surface area contributed by atoms with Crippen molar-refractivity contribution in [3.8, 4) is 0 Å². The second kappa shape index (κ2) is 8.85. The van der Waals surface area contributed by atoms with Crippen LogP contribution in [0.1, 0.15) is 38.7 Å². The topological polar surface area (TPSA) is 64.1 Å². The Hall–Kier alpha value is -1.92. The summed E-state index contributed by atoms with van der Waals surface area (Å²) in [5.41, 5.74) is 2.32. The number of hydrogen-bond acceptors (Lipinski definition) is 4. The van der Waals surface area contributed by atoms with E-state index in [4.69, 9.17) is 5.11 Å². The van der Waals surface area contributed by atoms with Gasteiger partial charge < -0.3 is 10.0 Å². The first-order valence-electron chi connectivity index (χ1n) is 10.1. The number of benzene rings is 1. The molecule has 0 aromatic heterocycles. The minimum absolute atomic E-state index is 0.0994.